The van der Waals surface area contributed by atoms with Crippen molar-refractivity contribution in [2.75, 3.05) is 5.32 Å². The first-order valence-electron chi connectivity index (χ1n) is 5.63. The van der Waals surface area contributed by atoms with Crippen LogP contribution in [0.25, 0.3) is 0 Å². The highest BCUT2D eigenvalue weighted by Gasteiger charge is 2.09. The van der Waals surface area contributed by atoms with Gasteiger partial charge in [0.2, 0.25) is 0 Å². The van der Waals surface area contributed by atoms with Crippen LogP contribution in [0.2, 0.25) is 0 Å². The zero-order valence-electron chi connectivity index (χ0n) is 10.3. The SMILES string of the molecule is Cc1cc(Br)cc(C)c1NC(C)c1ccsc1. The fourth-order valence-corrected chi connectivity index (χ4v) is 3.40. The van der Waals surface area contributed by atoms with Gasteiger partial charge in [-0.2, -0.15) is 11.3 Å². The third kappa shape index (κ3) is 2.90. The van der Waals surface area contributed by atoms with Crippen LogP contribution >= 0.6 is 27.3 Å². The summed E-state index contributed by atoms with van der Waals surface area (Å²) in [6.07, 6.45) is 0. The van der Waals surface area contributed by atoms with Gasteiger partial charge >= 0.3 is 0 Å². The fraction of sp³-hybridized carbons (Fsp3) is 0.286. The lowest BCUT2D eigenvalue weighted by Gasteiger charge is -2.18. The number of benzene rings is 1. The van der Waals surface area contributed by atoms with Crippen LogP contribution in [-0.2, 0) is 0 Å². The van der Waals surface area contributed by atoms with E-state index in [1.165, 1.54) is 22.4 Å². The highest BCUT2D eigenvalue weighted by Crippen LogP contribution is 2.29. The van der Waals surface area contributed by atoms with E-state index < -0.39 is 0 Å². The first-order valence-corrected chi connectivity index (χ1v) is 7.37. The Hall–Kier alpha value is -0.800. The molecule has 0 amide bonds. The van der Waals surface area contributed by atoms with Crippen molar-refractivity contribution < 1.29 is 0 Å². The second-order valence-electron chi connectivity index (χ2n) is 4.34. The van der Waals surface area contributed by atoms with Gasteiger partial charge in [0.15, 0.2) is 0 Å². The molecule has 0 fully saturated rings. The molecular weight excluding hydrogens is 294 g/mol. The summed E-state index contributed by atoms with van der Waals surface area (Å²) in [5, 5.41) is 7.91. The molecule has 0 aliphatic heterocycles. The molecule has 3 heteroatoms. The van der Waals surface area contributed by atoms with Crippen molar-refractivity contribution in [3.63, 3.8) is 0 Å². The molecule has 1 N–H and O–H groups in total. The number of hydrogen-bond acceptors (Lipinski definition) is 2. The molecular formula is C14H16BrNS. The van der Waals surface area contributed by atoms with Crippen molar-refractivity contribution in [1.29, 1.82) is 0 Å². The van der Waals surface area contributed by atoms with Crippen molar-refractivity contribution in [2.45, 2.75) is 26.8 Å². The average Bonchev–Trinajstić information content (AvgIpc) is 2.76. The topological polar surface area (TPSA) is 12.0 Å². The summed E-state index contributed by atoms with van der Waals surface area (Å²) >= 11 is 5.27. The van der Waals surface area contributed by atoms with Crippen LogP contribution in [0.1, 0.15) is 29.7 Å². The van der Waals surface area contributed by atoms with Crippen LogP contribution in [-0.4, -0.2) is 0 Å². The molecule has 2 rings (SSSR count). The normalized spacial score (nSPS) is 12.5. The van der Waals surface area contributed by atoms with Gasteiger partial charge in [-0.1, -0.05) is 15.9 Å². The summed E-state index contributed by atoms with van der Waals surface area (Å²) in [6, 6.07) is 6.82. The molecule has 0 aliphatic rings. The molecule has 0 spiro atoms. The molecule has 0 aliphatic carbocycles. The molecule has 0 radical (unpaired) electrons. The van der Waals surface area contributed by atoms with Crippen molar-refractivity contribution in [1.82, 2.24) is 0 Å². The molecule has 1 unspecified atom stereocenters. The third-order valence-electron chi connectivity index (χ3n) is 2.90. The lowest BCUT2D eigenvalue weighted by molar-refractivity contribution is 0.885. The molecule has 1 atom stereocenters. The van der Waals surface area contributed by atoms with E-state index in [-0.39, 0.29) is 0 Å². The maximum absolute atomic E-state index is 3.59. The first kappa shape index (κ1) is 12.7. The number of thiophene rings is 1. The average molecular weight is 310 g/mol. The van der Waals surface area contributed by atoms with Crippen LogP contribution in [0.15, 0.2) is 33.4 Å². The lowest BCUT2D eigenvalue weighted by atomic mass is 10.1. The van der Waals surface area contributed by atoms with Crippen molar-refractivity contribution >= 4 is 33.0 Å². The van der Waals surface area contributed by atoms with E-state index in [9.17, 15) is 0 Å². The number of rotatable bonds is 3. The molecule has 1 aromatic heterocycles. The van der Waals surface area contributed by atoms with Gasteiger partial charge < -0.3 is 5.32 Å². The Kier molecular flexibility index (Phi) is 3.89. The van der Waals surface area contributed by atoms with Gasteiger partial charge in [0, 0.05) is 16.2 Å². The Bertz CT molecular complexity index is 482. The van der Waals surface area contributed by atoms with Crippen LogP contribution in [0, 0.1) is 13.8 Å². The monoisotopic (exact) mass is 309 g/mol. The Labute approximate surface area is 115 Å². The van der Waals surface area contributed by atoms with Gasteiger partial charge in [-0.15, -0.1) is 0 Å². The predicted molar refractivity (Wildman–Crippen MR) is 80.0 cm³/mol. The molecule has 17 heavy (non-hydrogen) atoms. The van der Waals surface area contributed by atoms with E-state index in [2.05, 4.69) is 71.0 Å². The first-order chi connectivity index (χ1) is 8.08. The molecule has 1 nitrogen and oxygen atoms in total. The maximum atomic E-state index is 3.59. The summed E-state index contributed by atoms with van der Waals surface area (Å²) in [4.78, 5) is 0. The Balaban J connectivity index is 2.25. The van der Waals surface area contributed by atoms with Gasteiger partial charge in [0.05, 0.1) is 0 Å². The van der Waals surface area contributed by atoms with Gasteiger partial charge in [-0.05, 0) is 66.4 Å². The van der Waals surface area contributed by atoms with Gasteiger partial charge in [-0.3, -0.25) is 0 Å². The van der Waals surface area contributed by atoms with Gasteiger partial charge in [-0.25, -0.2) is 0 Å². The van der Waals surface area contributed by atoms with E-state index in [4.69, 9.17) is 0 Å². The minimum Gasteiger partial charge on any atom is -0.378 e. The minimum absolute atomic E-state index is 0.347. The number of nitrogens with one attached hydrogen (secondary N) is 1. The van der Waals surface area contributed by atoms with Gasteiger partial charge in [0.25, 0.3) is 0 Å². The standard InChI is InChI=1S/C14H16BrNS/c1-9-6-13(15)7-10(2)14(9)16-11(3)12-4-5-17-8-12/h4-8,11,16H,1-3H3. The minimum atomic E-state index is 0.347. The molecule has 90 valence electrons. The predicted octanol–water partition coefficient (Wildman–Crippen LogP) is 5.30. The zero-order chi connectivity index (χ0) is 12.4. The molecule has 1 aromatic carbocycles. The van der Waals surface area contributed by atoms with E-state index in [0.717, 1.165) is 4.47 Å². The Morgan fingerprint density at radius 3 is 2.41 bits per heavy atom. The number of hydrogen-bond donors (Lipinski definition) is 1. The number of aryl methyl sites for hydroxylation is 2. The summed E-state index contributed by atoms with van der Waals surface area (Å²) in [5.74, 6) is 0. The fourth-order valence-electron chi connectivity index (χ4n) is 1.96. The molecule has 1 heterocycles. The Morgan fingerprint density at radius 1 is 1.24 bits per heavy atom. The van der Waals surface area contributed by atoms with Crippen molar-refractivity contribution in [3.05, 3.63) is 50.1 Å². The summed E-state index contributed by atoms with van der Waals surface area (Å²) in [7, 11) is 0. The highest BCUT2D eigenvalue weighted by atomic mass is 79.9. The van der Waals surface area contributed by atoms with E-state index in [1.54, 1.807) is 11.3 Å². The van der Waals surface area contributed by atoms with Crippen LogP contribution in [0.5, 0.6) is 0 Å². The summed E-state index contributed by atoms with van der Waals surface area (Å²) in [6.45, 7) is 6.48. The largest absolute Gasteiger partial charge is 0.378 e. The van der Waals surface area contributed by atoms with Crippen LogP contribution < -0.4 is 5.32 Å². The molecule has 0 saturated heterocycles. The number of halogens is 1. The third-order valence-corrected chi connectivity index (χ3v) is 4.06. The smallest absolute Gasteiger partial charge is 0.0494 e. The second-order valence-corrected chi connectivity index (χ2v) is 6.03. The summed E-state index contributed by atoms with van der Waals surface area (Å²) < 4.78 is 1.14. The van der Waals surface area contributed by atoms with E-state index in [1.807, 2.05) is 0 Å². The van der Waals surface area contributed by atoms with Crippen LogP contribution in [0.3, 0.4) is 0 Å². The number of anilines is 1. The van der Waals surface area contributed by atoms with Gasteiger partial charge in [0.1, 0.15) is 0 Å². The molecule has 0 saturated carbocycles. The molecule has 2 aromatic rings. The van der Waals surface area contributed by atoms with Crippen LogP contribution in [0.4, 0.5) is 5.69 Å². The quantitative estimate of drug-likeness (QED) is 0.811. The van der Waals surface area contributed by atoms with E-state index in [0.29, 0.717) is 6.04 Å². The van der Waals surface area contributed by atoms with Crippen molar-refractivity contribution in [3.8, 4) is 0 Å². The molecule has 0 bridgehead atoms. The summed E-state index contributed by atoms with van der Waals surface area (Å²) in [5.41, 5.74) is 5.14. The van der Waals surface area contributed by atoms with E-state index >= 15 is 0 Å². The van der Waals surface area contributed by atoms with Crippen molar-refractivity contribution in [2.24, 2.45) is 0 Å². The Morgan fingerprint density at radius 2 is 1.88 bits per heavy atom. The zero-order valence-corrected chi connectivity index (χ0v) is 12.7. The lowest BCUT2D eigenvalue weighted by Crippen LogP contribution is -2.08. The highest BCUT2D eigenvalue weighted by molar-refractivity contribution is 9.10. The maximum Gasteiger partial charge on any atom is 0.0494 e. The second kappa shape index (κ2) is 5.23.